The Balaban J connectivity index is 0.000000138. The molecule has 13 heteroatoms. The van der Waals surface area contributed by atoms with Gasteiger partial charge in [0.25, 0.3) is 29.5 Å². The molecule has 1 fully saturated rings. The molecular formula is C116H98Cl2N6O5. The lowest BCUT2D eigenvalue weighted by molar-refractivity contribution is 0.0929. The highest BCUT2D eigenvalue weighted by Gasteiger charge is 2.25. The van der Waals surface area contributed by atoms with Crippen molar-refractivity contribution in [1.82, 2.24) is 31.5 Å². The monoisotopic (exact) mass is 1720 g/mol. The zero-order valence-electron chi connectivity index (χ0n) is 71.7. The highest BCUT2D eigenvalue weighted by Crippen LogP contribution is 2.31. The third kappa shape index (κ3) is 30.3. The minimum Gasteiger partial charge on any atom is -0.352 e. The molecule has 0 radical (unpaired) electrons. The van der Waals surface area contributed by atoms with Gasteiger partial charge in [-0.3, -0.25) is 24.0 Å². The number of aryl methyl sites for hydroxylation is 1. The van der Waals surface area contributed by atoms with Crippen LogP contribution in [0.1, 0.15) is 173 Å². The van der Waals surface area contributed by atoms with Crippen LogP contribution in [0.15, 0.2) is 370 Å². The van der Waals surface area contributed by atoms with E-state index in [9.17, 15) is 24.0 Å². The number of hydrogen-bond donors (Lipinski definition) is 5. The number of amides is 5. The van der Waals surface area contributed by atoms with Crippen LogP contribution in [0.4, 0.5) is 0 Å². The van der Waals surface area contributed by atoms with Gasteiger partial charge in [-0.1, -0.05) is 259 Å². The van der Waals surface area contributed by atoms with E-state index < -0.39 is 0 Å². The zero-order valence-corrected chi connectivity index (χ0v) is 73.2. The van der Waals surface area contributed by atoms with E-state index in [1.54, 1.807) is 24.3 Å². The summed E-state index contributed by atoms with van der Waals surface area (Å²) in [6, 6.07) is 119. The summed E-state index contributed by atoms with van der Waals surface area (Å²) >= 11 is 12.0. The largest absolute Gasteiger partial charge is 0.352 e. The third-order valence-electron chi connectivity index (χ3n) is 21.6. The first-order valence-corrected chi connectivity index (χ1v) is 44.2. The molecule has 17 rings (SSSR count). The summed E-state index contributed by atoms with van der Waals surface area (Å²) in [5.74, 6) is 30.9. The van der Waals surface area contributed by atoms with Gasteiger partial charge in [0.05, 0.1) is 6.04 Å². The highest BCUT2D eigenvalue weighted by atomic mass is 35.5. The summed E-state index contributed by atoms with van der Waals surface area (Å²) in [6.07, 6.45) is 9.16. The minimum absolute atomic E-state index is 0.0143. The standard InChI is InChI=1S/2C24H19NO.2C23H18ClNO.C22H24N2O/c26-24(25-23-16-21-8-4-5-9-22(21)17-23)20-14-12-19(13-15-20)11-10-18-6-2-1-3-7-18;26-24(25-23-17-16-20-8-4-5-9-22(20)23)21-14-12-19(13-15-21)11-10-18-6-2-1-3-7-18;24-22-9-5-4-8-20(22)16-17-25-23(26)21-14-12-19(13-15-21)11-10-18-6-2-1-3-7-18;24-22-14-10-20(11-15-22)16-17-25-23(26)21-12-8-19(9-13-21)7-6-18-4-2-1-3-5-18;25-22(23-15-18-24-16-5-2-6-17-24)21-13-11-20(12-14-21)10-9-19-7-3-1-4-8-19/h2*1-9,12-15,23H,16-17H2,(H,25,26);1-9,12-15H,16-17H2,(H,25,26);1-5,8-15H,16-17H2,(H,25,26);1,3-4,7-8,11-14H,2,5-6,15-18H2,(H,23,25). The Morgan fingerprint density at radius 1 is 0.295 bits per heavy atom. The first-order chi connectivity index (χ1) is 63.3. The number of hydrogen-bond acceptors (Lipinski definition) is 6. The Morgan fingerprint density at radius 2 is 0.605 bits per heavy atom. The van der Waals surface area contributed by atoms with Crippen molar-refractivity contribution in [2.24, 2.45) is 0 Å². The number of piperidine rings is 1. The average Bonchev–Trinajstić information content (AvgIpc) is 1.70. The maximum absolute atomic E-state index is 12.6. The molecule has 2 aliphatic carbocycles. The summed E-state index contributed by atoms with van der Waals surface area (Å²) in [5.41, 5.74) is 20.1. The number of nitrogens with one attached hydrogen (secondary N) is 5. The molecule has 636 valence electrons. The number of carbonyl (C=O) groups is 5. The summed E-state index contributed by atoms with van der Waals surface area (Å²) in [6.45, 7) is 5.07. The van der Waals surface area contributed by atoms with Crippen LogP contribution in [0.2, 0.25) is 10.0 Å². The zero-order chi connectivity index (χ0) is 89.2. The normalized spacial score (nSPS) is 12.3. The van der Waals surface area contributed by atoms with Crippen molar-refractivity contribution >= 4 is 52.7 Å². The van der Waals surface area contributed by atoms with Crippen LogP contribution < -0.4 is 26.6 Å². The average molecular weight is 1730 g/mol. The van der Waals surface area contributed by atoms with Gasteiger partial charge in [0.15, 0.2) is 0 Å². The molecule has 11 nitrogen and oxygen atoms in total. The van der Waals surface area contributed by atoms with Gasteiger partial charge in [0.2, 0.25) is 0 Å². The Hall–Kier alpha value is -15.2. The fourth-order valence-corrected chi connectivity index (χ4v) is 14.9. The lowest BCUT2D eigenvalue weighted by Gasteiger charge is -2.26. The van der Waals surface area contributed by atoms with E-state index in [0.717, 1.165) is 124 Å². The molecule has 1 unspecified atom stereocenters. The summed E-state index contributed by atoms with van der Waals surface area (Å²) < 4.78 is 0. The minimum atomic E-state index is -0.0976. The van der Waals surface area contributed by atoms with Crippen molar-refractivity contribution in [3.05, 3.63) is 497 Å². The molecule has 14 aromatic carbocycles. The molecule has 0 aromatic heterocycles. The van der Waals surface area contributed by atoms with Crippen molar-refractivity contribution in [3.63, 3.8) is 0 Å². The van der Waals surface area contributed by atoms with E-state index in [0.29, 0.717) is 58.9 Å². The molecule has 1 saturated heterocycles. The van der Waals surface area contributed by atoms with Gasteiger partial charge in [-0.15, -0.1) is 0 Å². The number of carbonyl (C=O) groups excluding carboxylic acids is 5. The van der Waals surface area contributed by atoms with Gasteiger partial charge in [-0.2, -0.15) is 0 Å². The lowest BCUT2D eigenvalue weighted by Crippen LogP contribution is -2.37. The molecule has 5 amide bonds. The second-order valence-electron chi connectivity index (χ2n) is 31.0. The maximum atomic E-state index is 12.6. The predicted octanol–water partition coefficient (Wildman–Crippen LogP) is 21.2. The first kappa shape index (κ1) is 91.5. The Morgan fingerprint density at radius 3 is 0.984 bits per heavy atom. The summed E-state index contributed by atoms with van der Waals surface area (Å²) in [7, 11) is 0. The predicted molar refractivity (Wildman–Crippen MR) is 522 cm³/mol. The van der Waals surface area contributed by atoms with E-state index in [1.807, 2.05) is 303 Å². The Kier molecular flexibility index (Phi) is 35.1. The fraction of sp³-hybridized carbons (Fsp3) is 0.147. The van der Waals surface area contributed by atoms with E-state index in [1.165, 1.54) is 41.5 Å². The van der Waals surface area contributed by atoms with Crippen LogP contribution in [-0.4, -0.2) is 79.7 Å². The number of likely N-dealkylation sites (tertiary alicyclic amines) is 1. The number of benzene rings is 14. The summed E-state index contributed by atoms with van der Waals surface area (Å²) in [4.78, 5) is 64.1. The van der Waals surface area contributed by atoms with Crippen LogP contribution in [-0.2, 0) is 32.1 Å². The molecule has 1 heterocycles. The Bertz CT molecular complexity index is 6340. The molecule has 129 heavy (non-hydrogen) atoms. The lowest BCUT2D eigenvalue weighted by atomic mass is 10.1. The van der Waals surface area contributed by atoms with Gasteiger partial charge in [-0.05, 0) is 298 Å². The van der Waals surface area contributed by atoms with Crippen LogP contribution in [0.5, 0.6) is 0 Å². The number of rotatable bonds is 16. The van der Waals surface area contributed by atoms with Crippen LogP contribution in [0, 0.1) is 59.2 Å². The van der Waals surface area contributed by atoms with Gasteiger partial charge >= 0.3 is 0 Å². The topological polar surface area (TPSA) is 149 Å². The van der Waals surface area contributed by atoms with E-state index >= 15 is 0 Å². The van der Waals surface area contributed by atoms with Crippen molar-refractivity contribution < 1.29 is 24.0 Å². The van der Waals surface area contributed by atoms with Crippen molar-refractivity contribution in [2.45, 2.75) is 69.9 Å². The van der Waals surface area contributed by atoms with Crippen LogP contribution in [0.3, 0.4) is 0 Å². The second-order valence-corrected chi connectivity index (χ2v) is 31.8. The van der Waals surface area contributed by atoms with Crippen molar-refractivity contribution in [1.29, 1.82) is 0 Å². The van der Waals surface area contributed by atoms with Gasteiger partial charge in [0, 0.05) is 126 Å². The van der Waals surface area contributed by atoms with Crippen molar-refractivity contribution in [3.8, 4) is 59.2 Å². The molecule has 5 N–H and O–H groups in total. The second kappa shape index (κ2) is 49.5. The molecule has 0 spiro atoms. The maximum Gasteiger partial charge on any atom is 0.251 e. The Labute approximate surface area is 768 Å². The molecule has 14 aromatic rings. The highest BCUT2D eigenvalue weighted by molar-refractivity contribution is 6.31. The molecule has 0 bridgehead atoms. The quantitative estimate of drug-likeness (QED) is 0.0609. The molecule has 3 aliphatic rings. The van der Waals surface area contributed by atoms with Gasteiger partial charge in [-0.25, -0.2) is 0 Å². The number of halogens is 2. The fourth-order valence-electron chi connectivity index (χ4n) is 14.5. The van der Waals surface area contributed by atoms with E-state index in [4.69, 9.17) is 23.2 Å². The van der Waals surface area contributed by atoms with Crippen molar-refractivity contribution in [2.75, 3.05) is 39.3 Å². The SMILES string of the molecule is O=C(NC1CCc2ccccc21)c1ccc(C#Cc2ccccc2)cc1.O=C(NC1Cc2ccccc2C1)c1ccc(C#Cc2ccccc2)cc1.O=C(NCCN1CCCCC1)c1ccc(C#Cc2ccccc2)cc1.O=C(NCCc1ccc(Cl)cc1)c1ccc(C#Cc2ccccc2)cc1.O=C(NCCc1ccccc1Cl)c1ccc(C#Cc2ccccc2)cc1. The van der Waals surface area contributed by atoms with E-state index in [2.05, 4.69) is 133 Å². The molecular weight excluding hydrogens is 1630 g/mol. The summed E-state index contributed by atoms with van der Waals surface area (Å²) in [5, 5.41) is 16.6. The van der Waals surface area contributed by atoms with Gasteiger partial charge in [0.1, 0.15) is 0 Å². The molecule has 1 atom stereocenters. The van der Waals surface area contributed by atoms with Gasteiger partial charge < -0.3 is 31.5 Å². The molecule has 1 aliphatic heterocycles. The third-order valence-corrected chi connectivity index (χ3v) is 22.2. The molecule has 0 saturated carbocycles. The van der Waals surface area contributed by atoms with Crippen LogP contribution in [0.25, 0.3) is 0 Å². The van der Waals surface area contributed by atoms with E-state index in [-0.39, 0.29) is 41.6 Å². The first-order valence-electron chi connectivity index (χ1n) is 43.5. The smallest absolute Gasteiger partial charge is 0.251 e. The number of nitrogens with zero attached hydrogens (tertiary/aromatic N) is 1. The van der Waals surface area contributed by atoms with Crippen LogP contribution >= 0.6 is 23.2 Å². The number of fused-ring (bicyclic) bond motifs is 2.